The van der Waals surface area contributed by atoms with Gasteiger partial charge in [-0.1, -0.05) is 11.6 Å². The van der Waals surface area contributed by atoms with Gasteiger partial charge in [-0.3, -0.25) is 0 Å². The first-order chi connectivity index (χ1) is 7.64. The summed E-state index contributed by atoms with van der Waals surface area (Å²) in [5.74, 6) is -1.63. The van der Waals surface area contributed by atoms with E-state index in [9.17, 15) is 23.1 Å². The standard InChI is InChI=1S/C9H7ClF3NO3/c10-5-2-4(9(11,12)13)6(14)1-3(5)7(15)8(16)17/h1-2,7,15H,14H2,(H,16,17). The Balaban J connectivity index is 3.33. The minimum atomic E-state index is -4.69. The van der Waals surface area contributed by atoms with Crippen LogP contribution < -0.4 is 5.73 Å². The van der Waals surface area contributed by atoms with Gasteiger partial charge in [0.15, 0.2) is 6.10 Å². The van der Waals surface area contributed by atoms with Gasteiger partial charge in [-0.15, -0.1) is 0 Å². The van der Waals surface area contributed by atoms with Crippen molar-refractivity contribution >= 4 is 23.3 Å². The topological polar surface area (TPSA) is 83.5 Å². The summed E-state index contributed by atoms with van der Waals surface area (Å²) in [4.78, 5) is 10.5. The molecule has 0 aliphatic rings. The van der Waals surface area contributed by atoms with E-state index in [1.54, 1.807) is 0 Å². The maximum absolute atomic E-state index is 12.4. The van der Waals surface area contributed by atoms with Crippen molar-refractivity contribution in [2.24, 2.45) is 0 Å². The fourth-order valence-corrected chi connectivity index (χ4v) is 1.46. The number of benzene rings is 1. The zero-order valence-corrected chi connectivity index (χ0v) is 8.88. The van der Waals surface area contributed by atoms with E-state index in [4.69, 9.17) is 22.4 Å². The molecule has 0 amide bonds. The molecule has 8 heteroatoms. The van der Waals surface area contributed by atoms with Crippen LogP contribution in [0.1, 0.15) is 17.2 Å². The summed E-state index contributed by atoms with van der Waals surface area (Å²) in [6, 6.07) is 1.18. The maximum atomic E-state index is 12.4. The lowest BCUT2D eigenvalue weighted by Crippen LogP contribution is -2.14. The van der Waals surface area contributed by atoms with Crippen LogP contribution in [-0.2, 0) is 11.0 Å². The zero-order valence-electron chi connectivity index (χ0n) is 8.12. The first-order valence-corrected chi connectivity index (χ1v) is 4.59. The molecule has 1 aromatic carbocycles. The molecule has 0 saturated carbocycles. The molecular weight excluding hydrogens is 263 g/mol. The lowest BCUT2D eigenvalue weighted by Gasteiger charge is -2.14. The van der Waals surface area contributed by atoms with Crippen molar-refractivity contribution in [1.29, 1.82) is 0 Å². The van der Waals surface area contributed by atoms with Gasteiger partial charge in [-0.05, 0) is 12.1 Å². The average molecular weight is 270 g/mol. The van der Waals surface area contributed by atoms with Crippen LogP contribution in [0.15, 0.2) is 12.1 Å². The van der Waals surface area contributed by atoms with Crippen LogP contribution in [0, 0.1) is 0 Å². The maximum Gasteiger partial charge on any atom is 0.418 e. The first-order valence-electron chi connectivity index (χ1n) is 4.21. The molecule has 0 saturated heterocycles. The van der Waals surface area contributed by atoms with Gasteiger partial charge in [0.05, 0.1) is 5.56 Å². The molecule has 1 unspecified atom stereocenters. The highest BCUT2D eigenvalue weighted by Crippen LogP contribution is 2.38. The zero-order chi connectivity index (χ0) is 13.4. The molecule has 17 heavy (non-hydrogen) atoms. The second kappa shape index (κ2) is 4.42. The van der Waals surface area contributed by atoms with Gasteiger partial charge in [0, 0.05) is 16.3 Å². The Hall–Kier alpha value is -1.47. The SMILES string of the molecule is Nc1cc(C(O)C(=O)O)c(Cl)cc1C(F)(F)F. The fraction of sp³-hybridized carbons (Fsp3) is 0.222. The summed E-state index contributed by atoms with van der Waals surface area (Å²) in [6.45, 7) is 0. The number of aliphatic carboxylic acids is 1. The summed E-state index contributed by atoms with van der Waals surface area (Å²) in [6.07, 6.45) is -6.72. The number of anilines is 1. The number of aliphatic hydroxyl groups excluding tert-OH is 1. The predicted octanol–water partition coefficient (Wildman–Crippen LogP) is 2.06. The molecule has 1 aromatic rings. The van der Waals surface area contributed by atoms with E-state index < -0.39 is 34.5 Å². The van der Waals surface area contributed by atoms with Crippen LogP contribution >= 0.6 is 11.6 Å². The number of carboxylic acid groups (broad SMARTS) is 1. The number of nitrogens with two attached hydrogens (primary N) is 1. The van der Waals surface area contributed by atoms with Crippen LogP contribution in [0.5, 0.6) is 0 Å². The predicted molar refractivity (Wildman–Crippen MR) is 53.5 cm³/mol. The molecule has 1 rings (SSSR count). The summed E-state index contributed by atoms with van der Waals surface area (Å²) >= 11 is 5.47. The van der Waals surface area contributed by atoms with Crippen LogP contribution in [0.25, 0.3) is 0 Å². The molecule has 0 aliphatic carbocycles. The minimum Gasteiger partial charge on any atom is -0.479 e. The third-order valence-corrected chi connectivity index (χ3v) is 2.33. The number of carbonyl (C=O) groups is 1. The molecule has 0 aromatic heterocycles. The monoisotopic (exact) mass is 269 g/mol. The third-order valence-electron chi connectivity index (χ3n) is 2.00. The molecule has 4 nitrogen and oxygen atoms in total. The van der Waals surface area contributed by atoms with E-state index >= 15 is 0 Å². The number of aliphatic hydroxyl groups is 1. The Bertz CT molecular complexity index is 462. The van der Waals surface area contributed by atoms with Crippen molar-refractivity contribution in [3.05, 3.63) is 28.3 Å². The molecule has 0 bridgehead atoms. The van der Waals surface area contributed by atoms with Gasteiger partial charge in [-0.2, -0.15) is 13.2 Å². The van der Waals surface area contributed by atoms with Gasteiger partial charge in [0.25, 0.3) is 0 Å². The number of carboxylic acids is 1. The molecular formula is C9H7ClF3NO3. The Labute approximate surface area is 98.4 Å². The molecule has 4 N–H and O–H groups in total. The molecule has 0 fully saturated rings. The minimum absolute atomic E-state index is 0.385. The van der Waals surface area contributed by atoms with Gasteiger partial charge in [0.2, 0.25) is 0 Å². The molecule has 0 spiro atoms. The summed E-state index contributed by atoms with van der Waals surface area (Å²) in [7, 11) is 0. The number of rotatable bonds is 2. The molecule has 1 atom stereocenters. The number of hydrogen-bond acceptors (Lipinski definition) is 3. The van der Waals surface area contributed by atoms with Crippen LogP contribution in [0.4, 0.5) is 18.9 Å². The largest absolute Gasteiger partial charge is 0.479 e. The fourth-order valence-electron chi connectivity index (χ4n) is 1.20. The van der Waals surface area contributed by atoms with E-state index in [2.05, 4.69) is 0 Å². The van der Waals surface area contributed by atoms with E-state index in [-0.39, 0.29) is 5.56 Å². The molecule has 0 heterocycles. The van der Waals surface area contributed by atoms with Crippen molar-refractivity contribution in [3.8, 4) is 0 Å². The van der Waals surface area contributed by atoms with Crippen molar-refractivity contribution in [1.82, 2.24) is 0 Å². The molecule has 0 radical (unpaired) electrons. The molecule has 94 valence electrons. The van der Waals surface area contributed by atoms with E-state index in [1.165, 1.54) is 0 Å². The highest BCUT2D eigenvalue weighted by molar-refractivity contribution is 6.31. The van der Waals surface area contributed by atoms with E-state index in [0.717, 1.165) is 0 Å². The first kappa shape index (κ1) is 13.6. The van der Waals surface area contributed by atoms with Crippen LogP contribution in [-0.4, -0.2) is 16.2 Å². The molecule has 0 aliphatic heterocycles. The number of hydrogen-bond donors (Lipinski definition) is 3. The Morgan fingerprint density at radius 2 is 1.94 bits per heavy atom. The lowest BCUT2D eigenvalue weighted by molar-refractivity contribution is -0.146. The van der Waals surface area contributed by atoms with Crippen LogP contribution in [0.2, 0.25) is 5.02 Å². The average Bonchev–Trinajstić information content (AvgIpc) is 2.18. The van der Waals surface area contributed by atoms with Crippen molar-refractivity contribution < 1.29 is 28.2 Å². The van der Waals surface area contributed by atoms with E-state index in [1.807, 2.05) is 0 Å². The van der Waals surface area contributed by atoms with Gasteiger partial charge < -0.3 is 15.9 Å². The normalized spacial score (nSPS) is 13.5. The highest BCUT2D eigenvalue weighted by Gasteiger charge is 2.34. The highest BCUT2D eigenvalue weighted by atomic mass is 35.5. The lowest BCUT2D eigenvalue weighted by atomic mass is 10.0. The Kier molecular flexibility index (Phi) is 3.53. The van der Waals surface area contributed by atoms with Crippen LogP contribution in [0.3, 0.4) is 0 Å². The van der Waals surface area contributed by atoms with Gasteiger partial charge in [0.1, 0.15) is 0 Å². The van der Waals surface area contributed by atoms with Crippen molar-refractivity contribution in [3.63, 3.8) is 0 Å². The Morgan fingerprint density at radius 3 is 2.35 bits per heavy atom. The Morgan fingerprint density at radius 1 is 1.41 bits per heavy atom. The van der Waals surface area contributed by atoms with Gasteiger partial charge in [-0.25, -0.2) is 4.79 Å². The van der Waals surface area contributed by atoms with Crippen molar-refractivity contribution in [2.75, 3.05) is 5.73 Å². The smallest absolute Gasteiger partial charge is 0.418 e. The number of halogens is 4. The quantitative estimate of drug-likeness (QED) is 0.718. The third kappa shape index (κ3) is 2.80. The second-order valence-electron chi connectivity index (χ2n) is 3.20. The summed E-state index contributed by atoms with van der Waals surface area (Å²) in [5.41, 5.74) is 2.87. The summed E-state index contributed by atoms with van der Waals surface area (Å²) < 4.78 is 37.2. The number of nitrogen functional groups attached to an aromatic ring is 1. The van der Waals surface area contributed by atoms with Crippen molar-refractivity contribution in [2.45, 2.75) is 12.3 Å². The van der Waals surface area contributed by atoms with E-state index in [0.29, 0.717) is 12.1 Å². The second-order valence-corrected chi connectivity index (χ2v) is 3.61. The van der Waals surface area contributed by atoms with Gasteiger partial charge >= 0.3 is 12.1 Å². The summed E-state index contributed by atoms with van der Waals surface area (Å²) in [5, 5.41) is 17.2. The number of alkyl halides is 3.